The first kappa shape index (κ1) is 21.7. The number of nitrogens with one attached hydrogen (secondary N) is 2. The standard InChI is InChI=1S/C22H21ClN2O4S/c1-14-6-4-7-15(2)21(14)25-30(27,28)18-10-11-20(29-3)19(13-18)24-22(26)16-8-5-9-17(23)12-16/h4-13,25H,1-3H3,(H,24,26). The topological polar surface area (TPSA) is 84.5 Å². The van der Waals surface area contributed by atoms with Crippen LogP contribution in [0, 0.1) is 13.8 Å². The fourth-order valence-electron chi connectivity index (χ4n) is 2.94. The molecule has 156 valence electrons. The molecular weight excluding hydrogens is 424 g/mol. The summed E-state index contributed by atoms with van der Waals surface area (Å²) in [5, 5.41) is 3.11. The molecule has 6 nitrogen and oxygen atoms in total. The lowest BCUT2D eigenvalue weighted by Crippen LogP contribution is -2.16. The number of sulfonamides is 1. The van der Waals surface area contributed by atoms with Gasteiger partial charge in [0.25, 0.3) is 15.9 Å². The molecule has 3 aromatic rings. The normalized spacial score (nSPS) is 11.1. The van der Waals surface area contributed by atoms with Crippen molar-refractivity contribution in [2.75, 3.05) is 17.1 Å². The van der Waals surface area contributed by atoms with Gasteiger partial charge in [-0.25, -0.2) is 8.42 Å². The minimum absolute atomic E-state index is 0.00709. The number of halogens is 1. The second kappa shape index (κ2) is 8.77. The lowest BCUT2D eigenvalue weighted by molar-refractivity contribution is 0.102. The molecule has 0 saturated heterocycles. The smallest absolute Gasteiger partial charge is 0.261 e. The third-order valence-electron chi connectivity index (χ3n) is 4.53. The first-order valence-electron chi connectivity index (χ1n) is 9.05. The second-order valence-corrected chi connectivity index (χ2v) is 8.82. The largest absolute Gasteiger partial charge is 0.495 e. The molecule has 0 fully saturated rings. The van der Waals surface area contributed by atoms with Gasteiger partial charge < -0.3 is 10.1 Å². The van der Waals surface area contributed by atoms with Crippen molar-refractivity contribution in [1.29, 1.82) is 0 Å². The van der Waals surface area contributed by atoms with Gasteiger partial charge in [0, 0.05) is 10.6 Å². The molecule has 8 heteroatoms. The van der Waals surface area contributed by atoms with E-state index < -0.39 is 15.9 Å². The van der Waals surface area contributed by atoms with E-state index in [2.05, 4.69) is 10.0 Å². The molecule has 3 rings (SSSR count). The molecule has 0 aliphatic carbocycles. The van der Waals surface area contributed by atoms with Gasteiger partial charge in [0.1, 0.15) is 5.75 Å². The monoisotopic (exact) mass is 444 g/mol. The summed E-state index contributed by atoms with van der Waals surface area (Å²) in [6.45, 7) is 3.66. The Balaban J connectivity index is 1.94. The fraction of sp³-hybridized carbons (Fsp3) is 0.136. The Bertz CT molecular complexity index is 1190. The van der Waals surface area contributed by atoms with Crippen molar-refractivity contribution in [3.63, 3.8) is 0 Å². The highest BCUT2D eigenvalue weighted by atomic mass is 35.5. The fourth-order valence-corrected chi connectivity index (χ4v) is 4.36. The summed E-state index contributed by atoms with van der Waals surface area (Å²) in [5.41, 5.74) is 2.71. The maximum absolute atomic E-state index is 13.0. The Morgan fingerprint density at radius 1 is 0.967 bits per heavy atom. The molecule has 3 aromatic carbocycles. The quantitative estimate of drug-likeness (QED) is 0.559. The highest BCUT2D eigenvalue weighted by Gasteiger charge is 2.20. The number of carbonyl (C=O) groups is 1. The van der Waals surface area contributed by atoms with Crippen LogP contribution in [0.2, 0.25) is 5.02 Å². The number of aryl methyl sites for hydroxylation is 2. The van der Waals surface area contributed by atoms with Crippen molar-refractivity contribution in [2.24, 2.45) is 0 Å². The number of anilines is 2. The van der Waals surface area contributed by atoms with E-state index in [4.69, 9.17) is 16.3 Å². The third-order valence-corrected chi connectivity index (χ3v) is 6.12. The summed E-state index contributed by atoms with van der Waals surface area (Å²) in [6.07, 6.45) is 0. The second-order valence-electron chi connectivity index (χ2n) is 6.70. The van der Waals surface area contributed by atoms with Gasteiger partial charge in [-0.3, -0.25) is 9.52 Å². The van der Waals surface area contributed by atoms with E-state index in [9.17, 15) is 13.2 Å². The number of carbonyl (C=O) groups excluding carboxylic acids is 1. The van der Waals surface area contributed by atoms with Crippen LogP contribution in [-0.4, -0.2) is 21.4 Å². The zero-order valence-corrected chi connectivity index (χ0v) is 18.3. The number of benzene rings is 3. The maximum atomic E-state index is 13.0. The zero-order valence-electron chi connectivity index (χ0n) is 16.7. The predicted octanol–water partition coefficient (Wildman–Crippen LogP) is 5.02. The number of amides is 1. The van der Waals surface area contributed by atoms with Gasteiger partial charge in [-0.05, 0) is 61.4 Å². The molecule has 0 unspecified atom stereocenters. The lowest BCUT2D eigenvalue weighted by Gasteiger charge is -2.15. The molecule has 1 amide bonds. The SMILES string of the molecule is COc1ccc(S(=O)(=O)Nc2c(C)cccc2C)cc1NC(=O)c1cccc(Cl)c1. The molecular formula is C22H21ClN2O4S. The van der Waals surface area contributed by atoms with Gasteiger partial charge in [-0.1, -0.05) is 35.9 Å². The highest BCUT2D eigenvalue weighted by Crippen LogP contribution is 2.30. The minimum atomic E-state index is -3.89. The molecule has 0 bridgehead atoms. The van der Waals surface area contributed by atoms with Crippen molar-refractivity contribution >= 4 is 38.9 Å². The Morgan fingerprint density at radius 2 is 1.63 bits per heavy atom. The van der Waals surface area contributed by atoms with Gasteiger partial charge in [0.15, 0.2) is 0 Å². The van der Waals surface area contributed by atoms with Gasteiger partial charge in [-0.15, -0.1) is 0 Å². The van der Waals surface area contributed by atoms with Crippen LogP contribution in [-0.2, 0) is 10.0 Å². The average Bonchev–Trinajstić information content (AvgIpc) is 2.71. The van der Waals surface area contributed by atoms with Gasteiger partial charge in [0.2, 0.25) is 0 Å². The maximum Gasteiger partial charge on any atom is 0.261 e. The molecule has 2 N–H and O–H groups in total. The van der Waals surface area contributed by atoms with Crippen LogP contribution in [0.1, 0.15) is 21.5 Å². The van der Waals surface area contributed by atoms with Crippen molar-refractivity contribution in [2.45, 2.75) is 18.7 Å². The van der Waals surface area contributed by atoms with Gasteiger partial charge in [0.05, 0.1) is 23.4 Å². The van der Waals surface area contributed by atoms with Crippen molar-refractivity contribution in [3.05, 3.63) is 82.4 Å². The van der Waals surface area contributed by atoms with Crippen LogP contribution in [0.3, 0.4) is 0 Å². The number of methoxy groups -OCH3 is 1. The Kier molecular flexibility index (Phi) is 6.34. The van der Waals surface area contributed by atoms with Crippen LogP contribution in [0.4, 0.5) is 11.4 Å². The van der Waals surface area contributed by atoms with E-state index in [1.165, 1.54) is 31.4 Å². The van der Waals surface area contributed by atoms with Gasteiger partial charge >= 0.3 is 0 Å². The van der Waals surface area contributed by atoms with Crippen LogP contribution in [0.5, 0.6) is 5.75 Å². The molecule has 0 atom stereocenters. The predicted molar refractivity (Wildman–Crippen MR) is 119 cm³/mol. The Morgan fingerprint density at radius 3 is 2.27 bits per heavy atom. The van der Waals surface area contributed by atoms with E-state index in [0.717, 1.165) is 11.1 Å². The molecule has 0 aliphatic rings. The summed E-state index contributed by atoms with van der Waals surface area (Å²) in [5.74, 6) is -0.107. The zero-order chi connectivity index (χ0) is 21.9. The summed E-state index contributed by atoms with van der Waals surface area (Å²) in [6, 6.07) is 16.2. The van der Waals surface area contributed by atoms with E-state index in [-0.39, 0.29) is 10.6 Å². The molecule has 0 saturated carbocycles. The van der Waals surface area contributed by atoms with Crippen molar-refractivity contribution < 1.29 is 17.9 Å². The van der Waals surface area contributed by atoms with E-state index in [0.29, 0.717) is 22.0 Å². The van der Waals surface area contributed by atoms with Crippen LogP contribution < -0.4 is 14.8 Å². The van der Waals surface area contributed by atoms with E-state index in [1.807, 2.05) is 32.0 Å². The first-order valence-corrected chi connectivity index (χ1v) is 10.9. The van der Waals surface area contributed by atoms with E-state index in [1.54, 1.807) is 18.2 Å². The average molecular weight is 445 g/mol. The van der Waals surface area contributed by atoms with Crippen LogP contribution in [0.25, 0.3) is 0 Å². The third kappa shape index (κ3) is 4.75. The molecule has 0 spiro atoms. The molecule has 30 heavy (non-hydrogen) atoms. The van der Waals surface area contributed by atoms with Gasteiger partial charge in [-0.2, -0.15) is 0 Å². The molecule has 0 heterocycles. The minimum Gasteiger partial charge on any atom is -0.495 e. The highest BCUT2D eigenvalue weighted by molar-refractivity contribution is 7.92. The number of rotatable bonds is 6. The van der Waals surface area contributed by atoms with Crippen LogP contribution >= 0.6 is 11.6 Å². The van der Waals surface area contributed by atoms with E-state index >= 15 is 0 Å². The van der Waals surface area contributed by atoms with Crippen molar-refractivity contribution in [1.82, 2.24) is 0 Å². The number of hydrogen-bond acceptors (Lipinski definition) is 4. The summed E-state index contributed by atoms with van der Waals surface area (Å²) in [4.78, 5) is 12.6. The van der Waals surface area contributed by atoms with Crippen molar-refractivity contribution in [3.8, 4) is 5.75 Å². The number of hydrogen-bond donors (Lipinski definition) is 2. The Hall–Kier alpha value is -3.03. The summed E-state index contributed by atoms with van der Waals surface area (Å²) < 4.78 is 33.9. The lowest BCUT2D eigenvalue weighted by atomic mass is 10.1. The number of para-hydroxylation sites is 1. The molecule has 0 aromatic heterocycles. The number of ether oxygens (including phenoxy) is 1. The Labute approximate surface area is 180 Å². The molecule has 0 radical (unpaired) electrons. The molecule has 0 aliphatic heterocycles. The summed E-state index contributed by atoms with van der Waals surface area (Å²) >= 11 is 5.95. The summed E-state index contributed by atoms with van der Waals surface area (Å²) in [7, 11) is -2.45. The van der Waals surface area contributed by atoms with Crippen LogP contribution in [0.15, 0.2) is 65.6 Å². The first-order chi connectivity index (χ1) is 14.2.